The third-order valence-corrected chi connectivity index (χ3v) is 6.58. The minimum atomic E-state index is -4.05. The van der Waals surface area contributed by atoms with Crippen LogP contribution in [0.1, 0.15) is 24.7 Å². The predicted octanol–water partition coefficient (Wildman–Crippen LogP) is 2.69. The second kappa shape index (κ2) is 11.7. The van der Waals surface area contributed by atoms with Crippen LogP contribution >= 0.6 is 0 Å². The van der Waals surface area contributed by atoms with Crippen LogP contribution in [0, 0.1) is 0 Å². The molecule has 0 radical (unpaired) electrons. The first-order valence-electron chi connectivity index (χ1n) is 11.6. The Kier molecular flexibility index (Phi) is 8.16. The lowest BCUT2D eigenvalue weighted by Gasteiger charge is -2.17. The quantitative estimate of drug-likeness (QED) is 0.301. The molecule has 13 heteroatoms. The van der Waals surface area contributed by atoms with E-state index in [-0.39, 0.29) is 30.9 Å². The Morgan fingerprint density at radius 3 is 2.39 bits per heavy atom. The summed E-state index contributed by atoms with van der Waals surface area (Å²) in [5, 5.41) is 8.21. The third kappa shape index (κ3) is 5.89. The van der Waals surface area contributed by atoms with Crippen LogP contribution < -0.4 is 18.9 Å². The maximum atomic E-state index is 13.3. The Balaban J connectivity index is 0.00000420. The molecule has 1 N–H and O–H groups in total. The number of pyridine rings is 2. The van der Waals surface area contributed by atoms with Crippen LogP contribution in [0.2, 0.25) is 0 Å². The van der Waals surface area contributed by atoms with Crippen molar-refractivity contribution in [2.75, 3.05) is 26.6 Å². The van der Waals surface area contributed by atoms with Crippen LogP contribution in [-0.4, -0.2) is 65.6 Å². The third-order valence-electron chi connectivity index (χ3n) is 5.34. The summed E-state index contributed by atoms with van der Waals surface area (Å²) in [4.78, 5) is 21.9. The number of hydrogen-bond acceptors (Lipinski definition) is 10. The van der Waals surface area contributed by atoms with Gasteiger partial charge in [-0.3, -0.25) is 14.3 Å². The Morgan fingerprint density at radius 1 is 1.00 bits per heavy atom. The van der Waals surface area contributed by atoms with Crippen molar-refractivity contribution < 1.29 is 28.8 Å². The fraction of sp³-hybridized carbons (Fsp3) is 0.240. The highest BCUT2D eigenvalue weighted by atomic mass is 32.2. The van der Waals surface area contributed by atoms with Gasteiger partial charge in [0.2, 0.25) is 21.7 Å². The zero-order valence-electron chi connectivity index (χ0n) is 21.0. The molecule has 0 spiro atoms. The van der Waals surface area contributed by atoms with Crippen LogP contribution in [0.25, 0.3) is 17.2 Å². The summed E-state index contributed by atoms with van der Waals surface area (Å²) >= 11 is 0. The number of hydrogen-bond donors (Lipinski definition) is 1. The summed E-state index contributed by atoms with van der Waals surface area (Å²) in [5.41, 5.74) is 1.19. The number of nitrogens with one attached hydrogen (secondary N) is 1. The number of benzene rings is 1. The number of carbonyl (C=O) groups is 1. The number of ether oxygens (including phenoxy) is 3. The van der Waals surface area contributed by atoms with Gasteiger partial charge in [0.15, 0.2) is 5.82 Å². The second-order valence-corrected chi connectivity index (χ2v) is 9.65. The number of para-hydroxylation sites is 1. The number of methoxy groups -OCH3 is 2. The monoisotopic (exact) mass is 540 g/mol. The Labute approximate surface area is 221 Å². The molecular weight excluding hydrogens is 512 g/mol. The fourth-order valence-electron chi connectivity index (χ4n) is 3.65. The Morgan fingerprint density at radius 2 is 1.74 bits per heavy atom. The molecular formula is C25H28N6O6S. The van der Waals surface area contributed by atoms with Gasteiger partial charge in [0.1, 0.15) is 22.9 Å². The van der Waals surface area contributed by atoms with Gasteiger partial charge in [0.25, 0.3) is 0 Å². The first-order valence-corrected chi connectivity index (χ1v) is 13.2. The average molecular weight is 541 g/mol. The molecule has 4 aromatic rings. The molecule has 0 saturated carbocycles. The van der Waals surface area contributed by atoms with Crippen molar-refractivity contribution in [3.8, 4) is 34.6 Å². The van der Waals surface area contributed by atoms with Crippen molar-refractivity contribution in [2.24, 2.45) is 0 Å². The maximum Gasteiger partial charge on any atom is 0.303 e. The van der Waals surface area contributed by atoms with E-state index in [0.717, 1.165) is 0 Å². The van der Waals surface area contributed by atoms with Crippen LogP contribution in [0.15, 0.2) is 60.8 Å². The number of aromatic nitrogens is 5. The van der Waals surface area contributed by atoms with E-state index in [1.807, 2.05) is 6.92 Å². The van der Waals surface area contributed by atoms with Gasteiger partial charge in [-0.15, -0.1) is 10.2 Å². The van der Waals surface area contributed by atoms with Crippen molar-refractivity contribution in [2.45, 2.75) is 13.3 Å². The van der Waals surface area contributed by atoms with Crippen LogP contribution in [0.3, 0.4) is 0 Å². The van der Waals surface area contributed by atoms with Gasteiger partial charge in [0.05, 0.1) is 26.6 Å². The number of nitrogens with zero attached hydrogens (tertiary/aromatic N) is 5. The average Bonchev–Trinajstić information content (AvgIpc) is 3.37. The van der Waals surface area contributed by atoms with Crippen LogP contribution in [-0.2, 0) is 16.4 Å². The van der Waals surface area contributed by atoms with Gasteiger partial charge in [-0.25, -0.2) is 18.1 Å². The molecule has 3 aromatic heterocycles. The van der Waals surface area contributed by atoms with Crippen molar-refractivity contribution >= 4 is 15.9 Å². The van der Waals surface area contributed by atoms with Crippen molar-refractivity contribution in [3.63, 3.8) is 0 Å². The van der Waals surface area contributed by atoms with Gasteiger partial charge in [-0.2, -0.15) is 0 Å². The minimum Gasteiger partial charge on any atom is -0.494 e. The Bertz CT molecular complexity index is 1510. The SMILES string of the molecule is CCOc1cccc(-c2nnc(C(=O)NS(=O)(=O)CCc3ccccn3)n2-c2c(OC)cccc2OC)n1.[HH]. The zero-order chi connectivity index (χ0) is 27.1. The lowest BCUT2D eigenvalue weighted by atomic mass is 10.2. The molecule has 200 valence electrons. The molecule has 12 nitrogen and oxygen atoms in total. The smallest absolute Gasteiger partial charge is 0.303 e. The highest BCUT2D eigenvalue weighted by Crippen LogP contribution is 2.36. The van der Waals surface area contributed by atoms with Crippen molar-refractivity contribution in [3.05, 3.63) is 72.3 Å². The number of rotatable bonds is 11. The van der Waals surface area contributed by atoms with Gasteiger partial charge in [-0.05, 0) is 37.3 Å². The topological polar surface area (TPSA) is 147 Å². The summed E-state index contributed by atoms with van der Waals surface area (Å²) in [6, 6.07) is 15.3. The Hall–Kier alpha value is -4.52. The van der Waals surface area contributed by atoms with Gasteiger partial charge >= 0.3 is 5.91 Å². The van der Waals surface area contributed by atoms with Crippen molar-refractivity contribution in [1.29, 1.82) is 0 Å². The molecule has 0 atom stereocenters. The highest BCUT2D eigenvalue weighted by Gasteiger charge is 2.29. The highest BCUT2D eigenvalue weighted by molar-refractivity contribution is 7.90. The first kappa shape index (κ1) is 26.5. The molecule has 0 aliphatic carbocycles. The molecule has 0 fully saturated rings. The summed E-state index contributed by atoms with van der Waals surface area (Å²) in [5.74, 6) is -0.504. The summed E-state index contributed by atoms with van der Waals surface area (Å²) in [6.07, 6.45) is 1.69. The molecule has 38 heavy (non-hydrogen) atoms. The largest absolute Gasteiger partial charge is 0.494 e. The fourth-order valence-corrected chi connectivity index (χ4v) is 4.61. The summed E-state index contributed by atoms with van der Waals surface area (Å²) in [7, 11) is -1.13. The number of sulfonamides is 1. The van der Waals surface area contributed by atoms with Gasteiger partial charge in [0, 0.05) is 25.8 Å². The molecule has 0 aliphatic rings. The van der Waals surface area contributed by atoms with E-state index in [4.69, 9.17) is 14.2 Å². The van der Waals surface area contributed by atoms with E-state index >= 15 is 0 Å². The van der Waals surface area contributed by atoms with Crippen molar-refractivity contribution in [1.82, 2.24) is 29.5 Å². The van der Waals surface area contributed by atoms with E-state index in [2.05, 4.69) is 24.9 Å². The molecule has 4 rings (SSSR count). The second-order valence-electron chi connectivity index (χ2n) is 7.81. The van der Waals surface area contributed by atoms with Gasteiger partial charge in [-0.1, -0.05) is 18.2 Å². The molecule has 1 amide bonds. The number of carbonyl (C=O) groups excluding carboxylic acids is 1. The zero-order valence-corrected chi connectivity index (χ0v) is 21.8. The minimum absolute atomic E-state index is 0. The normalized spacial score (nSPS) is 11.1. The lowest BCUT2D eigenvalue weighted by molar-refractivity contribution is 0.0969. The molecule has 3 heterocycles. The number of aryl methyl sites for hydroxylation is 1. The molecule has 0 aliphatic heterocycles. The van der Waals surface area contributed by atoms with E-state index < -0.39 is 15.9 Å². The van der Waals surface area contributed by atoms with Crippen LogP contribution in [0.5, 0.6) is 17.4 Å². The molecule has 1 aromatic carbocycles. The summed E-state index contributed by atoms with van der Waals surface area (Å²) in [6.45, 7) is 2.22. The molecule has 0 saturated heterocycles. The summed E-state index contributed by atoms with van der Waals surface area (Å²) < 4.78 is 45.6. The van der Waals surface area contributed by atoms with E-state index in [1.165, 1.54) is 18.8 Å². The molecule has 0 bridgehead atoms. The molecule has 0 unspecified atom stereocenters. The standard InChI is InChI=1S/C25H26N6O6S.H2/c1-4-37-21-13-7-10-18(27-21)23-28-29-24(31(23)22-19(35-2)11-8-12-20(22)36-3)25(32)30-38(33,34)16-14-17-9-5-6-15-26-17;/h5-13,15H,4,14,16H2,1-3H3,(H,30,32);1H. The van der Waals surface area contributed by atoms with Crippen LogP contribution in [0.4, 0.5) is 0 Å². The van der Waals surface area contributed by atoms with E-state index in [1.54, 1.807) is 60.8 Å². The van der Waals surface area contributed by atoms with E-state index in [0.29, 0.717) is 35.4 Å². The first-order chi connectivity index (χ1) is 18.4. The van der Waals surface area contributed by atoms with E-state index in [9.17, 15) is 13.2 Å². The lowest BCUT2D eigenvalue weighted by Crippen LogP contribution is -2.35. The maximum absolute atomic E-state index is 13.3. The predicted molar refractivity (Wildman–Crippen MR) is 140 cm³/mol. The van der Waals surface area contributed by atoms with Gasteiger partial charge < -0.3 is 14.2 Å². The number of amides is 1.